The first-order chi connectivity index (χ1) is 10.2. The fraction of sp³-hybridized carbons (Fsp3) is 0.625. The molecule has 1 aromatic rings. The van der Waals surface area contributed by atoms with Crippen molar-refractivity contribution in [2.45, 2.75) is 52.1 Å². The van der Waals surface area contributed by atoms with Crippen molar-refractivity contribution >= 4 is 5.97 Å². The van der Waals surface area contributed by atoms with E-state index >= 15 is 0 Å². The fourth-order valence-corrected chi connectivity index (χ4v) is 2.15. The highest BCUT2D eigenvalue weighted by Crippen LogP contribution is 2.22. The molecule has 0 spiro atoms. The van der Waals surface area contributed by atoms with E-state index in [1.807, 2.05) is 0 Å². The highest BCUT2D eigenvalue weighted by atomic mass is 16.5. The molecule has 5 heteroatoms. The topological polar surface area (TPSA) is 68.7 Å². The van der Waals surface area contributed by atoms with Crippen LogP contribution in [0.25, 0.3) is 0 Å². The second-order valence-corrected chi connectivity index (χ2v) is 4.98. The van der Waals surface area contributed by atoms with Crippen molar-refractivity contribution in [3.63, 3.8) is 0 Å². The lowest BCUT2D eigenvalue weighted by Gasteiger charge is -2.10. The van der Waals surface area contributed by atoms with Crippen LogP contribution in [0.3, 0.4) is 0 Å². The maximum Gasteiger partial charge on any atom is 0.358 e. The van der Waals surface area contributed by atoms with Gasteiger partial charge >= 0.3 is 5.97 Å². The number of pyridine rings is 1. The smallest absolute Gasteiger partial charge is 0.358 e. The average molecular weight is 295 g/mol. The molecule has 0 radical (unpaired) electrons. The standard InChI is InChI=1S/C16H25NO4/c1-3-4-5-6-7-8-11-21-12-13-9-10-17-14(16(18)19)15(13)20-2/h9-10H,3-8,11-12H2,1-2H3,(H,18,19). The first-order valence-electron chi connectivity index (χ1n) is 7.53. The van der Waals surface area contributed by atoms with Gasteiger partial charge in [0.1, 0.15) is 0 Å². The molecule has 0 unspecified atom stereocenters. The van der Waals surface area contributed by atoms with Gasteiger partial charge in [0.05, 0.1) is 13.7 Å². The molecular formula is C16H25NO4. The minimum atomic E-state index is -1.09. The summed E-state index contributed by atoms with van der Waals surface area (Å²) in [7, 11) is 1.45. The second kappa shape index (κ2) is 10.2. The number of hydrogen-bond acceptors (Lipinski definition) is 4. The number of hydrogen-bond donors (Lipinski definition) is 1. The third-order valence-electron chi connectivity index (χ3n) is 3.29. The number of aromatic carboxylic acids is 1. The van der Waals surface area contributed by atoms with Crippen LogP contribution in [-0.2, 0) is 11.3 Å². The minimum absolute atomic E-state index is 0.0711. The first-order valence-corrected chi connectivity index (χ1v) is 7.53. The SMILES string of the molecule is CCCCCCCCOCc1ccnc(C(=O)O)c1OC. The lowest BCUT2D eigenvalue weighted by atomic mass is 10.1. The van der Waals surface area contributed by atoms with Crippen LogP contribution in [0.1, 0.15) is 61.5 Å². The average Bonchev–Trinajstić information content (AvgIpc) is 2.49. The van der Waals surface area contributed by atoms with E-state index in [0.717, 1.165) is 12.0 Å². The van der Waals surface area contributed by atoms with Crippen molar-refractivity contribution in [1.29, 1.82) is 0 Å². The van der Waals surface area contributed by atoms with Gasteiger partial charge in [-0.3, -0.25) is 0 Å². The Bertz CT molecular complexity index is 434. The van der Waals surface area contributed by atoms with Crippen molar-refractivity contribution in [2.24, 2.45) is 0 Å². The van der Waals surface area contributed by atoms with Crippen LogP contribution in [0, 0.1) is 0 Å². The van der Waals surface area contributed by atoms with Crippen LogP contribution < -0.4 is 4.74 Å². The van der Waals surface area contributed by atoms with E-state index in [1.165, 1.54) is 45.4 Å². The Labute approximate surface area is 126 Å². The third-order valence-corrected chi connectivity index (χ3v) is 3.29. The summed E-state index contributed by atoms with van der Waals surface area (Å²) in [6.07, 6.45) is 8.76. The van der Waals surface area contributed by atoms with E-state index in [-0.39, 0.29) is 11.4 Å². The van der Waals surface area contributed by atoms with E-state index in [4.69, 9.17) is 14.6 Å². The van der Waals surface area contributed by atoms with Crippen LogP contribution in [0.5, 0.6) is 5.75 Å². The summed E-state index contributed by atoms with van der Waals surface area (Å²) < 4.78 is 10.7. The molecule has 1 aromatic heterocycles. The van der Waals surface area contributed by atoms with Crippen LogP contribution >= 0.6 is 0 Å². The maximum atomic E-state index is 11.1. The van der Waals surface area contributed by atoms with E-state index in [2.05, 4.69) is 11.9 Å². The van der Waals surface area contributed by atoms with Gasteiger partial charge in [0.15, 0.2) is 11.4 Å². The van der Waals surface area contributed by atoms with Gasteiger partial charge in [-0.05, 0) is 12.5 Å². The van der Waals surface area contributed by atoms with Gasteiger partial charge in [0.25, 0.3) is 0 Å². The zero-order valence-corrected chi connectivity index (χ0v) is 12.9. The van der Waals surface area contributed by atoms with E-state index in [0.29, 0.717) is 13.2 Å². The van der Waals surface area contributed by atoms with Crippen molar-refractivity contribution in [3.8, 4) is 5.75 Å². The fourth-order valence-electron chi connectivity index (χ4n) is 2.15. The summed E-state index contributed by atoms with van der Waals surface area (Å²) in [4.78, 5) is 14.9. The molecule has 0 bridgehead atoms. The number of carboxylic acids is 1. The minimum Gasteiger partial charge on any atom is -0.494 e. The highest BCUT2D eigenvalue weighted by Gasteiger charge is 2.16. The lowest BCUT2D eigenvalue weighted by Crippen LogP contribution is -2.07. The van der Waals surface area contributed by atoms with Crippen molar-refractivity contribution in [1.82, 2.24) is 4.98 Å². The zero-order valence-electron chi connectivity index (χ0n) is 12.9. The molecule has 1 rings (SSSR count). The Kier molecular flexibility index (Phi) is 8.43. The first kappa shape index (κ1) is 17.4. The molecule has 5 nitrogen and oxygen atoms in total. The Morgan fingerprint density at radius 3 is 2.62 bits per heavy atom. The van der Waals surface area contributed by atoms with E-state index in [1.54, 1.807) is 6.07 Å². The highest BCUT2D eigenvalue weighted by molar-refractivity contribution is 5.89. The molecule has 0 aliphatic carbocycles. The monoisotopic (exact) mass is 295 g/mol. The number of unbranched alkanes of at least 4 members (excludes halogenated alkanes) is 5. The molecule has 1 heterocycles. The van der Waals surface area contributed by atoms with Crippen LogP contribution in [-0.4, -0.2) is 29.8 Å². The number of carboxylic acid groups (broad SMARTS) is 1. The number of ether oxygens (including phenoxy) is 2. The van der Waals surface area contributed by atoms with Crippen LogP contribution in [0.15, 0.2) is 12.3 Å². The third kappa shape index (κ3) is 6.12. The molecule has 0 saturated carbocycles. The Morgan fingerprint density at radius 1 is 1.24 bits per heavy atom. The van der Waals surface area contributed by atoms with Gasteiger partial charge in [-0.1, -0.05) is 39.0 Å². The van der Waals surface area contributed by atoms with Crippen molar-refractivity contribution in [3.05, 3.63) is 23.5 Å². The summed E-state index contributed by atoms with van der Waals surface area (Å²) in [6, 6.07) is 1.73. The summed E-state index contributed by atoms with van der Waals surface area (Å²) >= 11 is 0. The number of rotatable bonds is 11. The Balaban J connectivity index is 2.35. The van der Waals surface area contributed by atoms with Gasteiger partial charge in [0.2, 0.25) is 0 Å². The summed E-state index contributed by atoms with van der Waals surface area (Å²) in [5.74, 6) is -0.808. The molecule has 0 saturated heterocycles. The zero-order chi connectivity index (χ0) is 15.5. The molecule has 0 fully saturated rings. The molecular weight excluding hydrogens is 270 g/mol. The Hall–Kier alpha value is -1.62. The largest absolute Gasteiger partial charge is 0.494 e. The molecule has 0 atom stereocenters. The quantitative estimate of drug-likeness (QED) is 0.631. The number of methoxy groups -OCH3 is 1. The molecule has 1 N–H and O–H groups in total. The molecule has 0 amide bonds. The predicted molar refractivity (Wildman–Crippen MR) is 80.8 cm³/mol. The van der Waals surface area contributed by atoms with Crippen molar-refractivity contribution in [2.75, 3.05) is 13.7 Å². The summed E-state index contributed by atoms with van der Waals surface area (Å²) in [6.45, 7) is 3.23. The van der Waals surface area contributed by atoms with Gasteiger partial charge < -0.3 is 14.6 Å². The van der Waals surface area contributed by atoms with Gasteiger partial charge in [-0.25, -0.2) is 9.78 Å². The summed E-state index contributed by atoms with van der Waals surface area (Å²) in [5, 5.41) is 9.05. The molecule has 21 heavy (non-hydrogen) atoms. The van der Waals surface area contributed by atoms with Crippen molar-refractivity contribution < 1.29 is 19.4 Å². The summed E-state index contributed by atoms with van der Waals surface area (Å²) in [5.41, 5.74) is 0.647. The van der Waals surface area contributed by atoms with Gasteiger partial charge in [-0.15, -0.1) is 0 Å². The predicted octanol–water partition coefficient (Wildman–Crippen LogP) is 3.67. The van der Waals surface area contributed by atoms with E-state index in [9.17, 15) is 4.79 Å². The molecule has 118 valence electrons. The second-order valence-electron chi connectivity index (χ2n) is 4.98. The molecule has 0 aliphatic rings. The van der Waals surface area contributed by atoms with Crippen LogP contribution in [0.2, 0.25) is 0 Å². The normalized spacial score (nSPS) is 10.6. The van der Waals surface area contributed by atoms with Gasteiger partial charge in [-0.2, -0.15) is 0 Å². The van der Waals surface area contributed by atoms with Gasteiger partial charge in [0, 0.05) is 18.4 Å². The number of carbonyl (C=O) groups is 1. The number of aromatic nitrogens is 1. The van der Waals surface area contributed by atoms with Crippen LogP contribution in [0.4, 0.5) is 0 Å². The van der Waals surface area contributed by atoms with E-state index < -0.39 is 5.97 Å². The lowest BCUT2D eigenvalue weighted by molar-refractivity contribution is 0.0685. The molecule has 0 aromatic carbocycles. The maximum absolute atomic E-state index is 11.1. The molecule has 0 aliphatic heterocycles. The number of nitrogens with zero attached hydrogens (tertiary/aromatic N) is 1. The Morgan fingerprint density at radius 2 is 1.95 bits per heavy atom.